The first-order valence-corrected chi connectivity index (χ1v) is 6.70. The third-order valence-corrected chi connectivity index (χ3v) is 3.85. The van der Waals surface area contributed by atoms with Gasteiger partial charge in [-0.3, -0.25) is 5.32 Å². The number of nitrogens with one attached hydrogen (secondary N) is 3. The minimum Gasteiger partial charge on any atom is -0.372 e. The Bertz CT molecular complexity index is 356. The number of thiocarbonyl (C=S) groups is 1. The molecule has 2 heterocycles. The molecule has 4 atom stereocenters. The third kappa shape index (κ3) is 2.32. The van der Waals surface area contributed by atoms with E-state index in [2.05, 4.69) is 29.8 Å². The summed E-state index contributed by atoms with van der Waals surface area (Å²) in [6, 6.07) is 0.00792. The summed E-state index contributed by atoms with van der Waals surface area (Å²) in [6.07, 6.45) is 1.52. The second-order valence-corrected chi connectivity index (χ2v) is 5.32. The van der Waals surface area contributed by atoms with Gasteiger partial charge in [0.25, 0.3) is 0 Å². The molecule has 2 aliphatic rings. The lowest BCUT2D eigenvalue weighted by Crippen LogP contribution is -2.56. The van der Waals surface area contributed by atoms with E-state index in [1.165, 1.54) is 0 Å². The maximum absolute atomic E-state index is 10.1. The van der Waals surface area contributed by atoms with E-state index in [1.807, 2.05) is 6.92 Å². The largest absolute Gasteiger partial charge is 0.372 e. The van der Waals surface area contributed by atoms with Crippen LogP contribution >= 0.6 is 12.2 Å². The molecule has 2 aliphatic heterocycles. The molecular formula is C12H21N3OS. The molecule has 4 unspecified atom stereocenters. The standard InChI is InChI=1S/C12H21N3OS/c1-4-5-8-9-6(2)10(11(16)15-8)13-7(3)14-12(9)17/h6-7,10-11,13,15-16H,4-5H2,1-3H3,(H,14,17). The number of fused-ring (bicyclic) bond motifs is 2. The second kappa shape index (κ2) is 4.92. The van der Waals surface area contributed by atoms with Crippen LogP contribution in [0.4, 0.5) is 0 Å². The first kappa shape index (κ1) is 12.8. The monoisotopic (exact) mass is 255 g/mol. The number of aliphatic hydroxyl groups is 1. The van der Waals surface area contributed by atoms with Gasteiger partial charge in [0.2, 0.25) is 0 Å². The summed E-state index contributed by atoms with van der Waals surface area (Å²) in [4.78, 5) is 0.808. The maximum atomic E-state index is 10.1. The lowest BCUT2D eigenvalue weighted by molar-refractivity contribution is 0.0730. The van der Waals surface area contributed by atoms with Gasteiger partial charge in [0.1, 0.15) is 11.2 Å². The van der Waals surface area contributed by atoms with Crippen LogP contribution in [-0.4, -0.2) is 28.5 Å². The van der Waals surface area contributed by atoms with E-state index in [9.17, 15) is 5.11 Å². The van der Waals surface area contributed by atoms with Crippen molar-refractivity contribution in [2.24, 2.45) is 5.92 Å². The highest BCUT2D eigenvalue weighted by Crippen LogP contribution is 2.29. The zero-order valence-electron chi connectivity index (χ0n) is 10.6. The average molecular weight is 255 g/mol. The summed E-state index contributed by atoms with van der Waals surface area (Å²) in [5.41, 5.74) is 2.26. The Morgan fingerprint density at radius 3 is 2.65 bits per heavy atom. The highest BCUT2D eigenvalue weighted by atomic mass is 32.1. The molecule has 96 valence electrons. The van der Waals surface area contributed by atoms with E-state index in [0.29, 0.717) is 0 Å². The Labute approximate surface area is 108 Å². The van der Waals surface area contributed by atoms with Crippen molar-refractivity contribution in [2.75, 3.05) is 0 Å². The molecule has 0 amide bonds. The van der Waals surface area contributed by atoms with Crippen LogP contribution in [0.5, 0.6) is 0 Å². The Kier molecular flexibility index (Phi) is 3.70. The van der Waals surface area contributed by atoms with Crippen LogP contribution < -0.4 is 16.0 Å². The van der Waals surface area contributed by atoms with Gasteiger partial charge in [-0.05, 0) is 13.3 Å². The zero-order chi connectivity index (χ0) is 12.6. The van der Waals surface area contributed by atoms with Gasteiger partial charge in [-0.25, -0.2) is 0 Å². The van der Waals surface area contributed by atoms with Gasteiger partial charge in [-0.15, -0.1) is 0 Å². The van der Waals surface area contributed by atoms with E-state index >= 15 is 0 Å². The van der Waals surface area contributed by atoms with Gasteiger partial charge >= 0.3 is 0 Å². The van der Waals surface area contributed by atoms with Crippen molar-refractivity contribution >= 4 is 17.2 Å². The van der Waals surface area contributed by atoms with Crippen molar-refractivity contribution < 1.29 is 5.11 Å². The third-order valence-electron chi connectivity index (χ3n) is 3.52. The molecule has 5 heteroatoms. The fourth-order valence-electron chi connectivity index (χ4n) is 2.71. The number of allylic oxidation sites excluding steroid dienone is 1. The Morgan fingerprint density at radius 1 is 1.29 bits per heavy atom. The number of hydrogen-bond donors (Lipinski definition) is 4. The van der Waals surface area contributed by atoms with Crippen molar-refractivity contribution in [1.29, 1.82) is 0 Å². The molecule has 2 rings (SSSR count). The molecule has 0 aromatic heterocycles. The average Bonchev–Trinajstić information content (AvgIpc) is 2.31. The van der Waals surface area contributed by atoms with Crippen molar-refractivity contribution in [1.82, 2.24) is 16.0 Å². The SMILES string of the molecule is CCCC1=C2C(=S)NC(C)NC(C(O)N1)C2C. The van der Waals surface area contributed by atoms with Gasteiger partial charge < -0.3 is 15.7 Å². The molecule has 1 saturated heterocycles. The van der Waals surface area contributed by atoms with Crippen LogP contribution in [0.1, 0.15) is 33.6 Å². The normalized spacial score (nSPS) is 37.3. The zero-order valence-corrected chi connectivity index (χ0v) is 11.4. The first-order valence-electron chi connectivity index (χ1n) is 6.29. The summed E-state index contributed by atoms with van der Waals surface area (Å²) in [5.74, 6) is 0.234. The quantitative estimate of drug-likeness (QED) is 0.551. The molecule has 1 fully saturated rings. The summed E-state index contributed by atoms with van der Waals surface area (Å²) < 4.78 is 0. The van der Waals surface area contributed by atoms with E-state index in [0.717, 1.165) is 29.1 Å². The summed E-state index contributed by atoms with van der Waals surface area (Å²) in [6.45, 7) is 6.28. The van der Waals surface area contributed by atoms with Crippen LogP contribution in [0.3, 0.4) is 0 Å². The fourth-order valence-corrected chi connectivity index (χ4v) is 3.20. The minimum atomic E-state index is -0.541. The van der Waals surface area contributed by atoms with E-state index in [-0.39, 0.29) is 18.1 Å². The number of hydrogen-bond acceptors (Lipinski definition) is 4. The molecule has 4 nitrogen and oxygen atoms in total. The van der Waals surface area contributed by atoms with Gasteiger partial charge in [0.15, 0.2) is 0 Å². The van der Waals surface area contributed by atoms with Gasteiger partial charge in [0.05, 0.1) is 12.2 Å². The molecule has 0 aromatic rings. The molecule has 0 aromatic carbocycles. The molecule has 0 aliphatic carbocycles. The molecule has 2 bridgehead atoms. The smallest absolute Gasteiger partial charge is 0.140 e. The van der Waals surface area contributed by atoms with Crippen molar-refractivity contribution in [3.05, 3.63) is 11.3 Å². The van der Waals surface area contributed by atoms with Crippen LogP contribution in [-0.2, 0) is 0 Å². The highest BCUT2D eigenvalue weighted by molar-refractivity contribution is 7.80. The summed E-state index contributed by atoms with van der Waals surface area (Å²) in [7, 11) is 0. The first-order chi connectivity index (χ1) is 8.04. The van der Waals surface area contributed by atoms with Gasteiger partial charge in [-0.2, -0.15) is 0 Å². The molecule has 17 heavy (non-hydrogen) atoms. The minimum absolute atomic E-state index is 0.00792. The summed E-state index contributed by atoms with van der Waals surface area (Å²) >= 11 is 5.45. The predicted molar refractivity (Wildman–Crippen MR) is 72.4 cm³/mol. The van der Waals surface area contributed by atoms with Crippen molar-refractivity contribution in [3.63, 3.8) is 0 Å². The van der Waals surface area contributed by atoms with Crippen LogP contribution in [0, 0.1) is 5.92 Å². The van der Waals surface area contributed by atoms with Crippen LogP contribution in [0.25, 0.3) is 0 Å². The van der Waals surface area contributed by atoms with Crippen molar-refractivity contribution in [2.45, 2.75) is 52.0 Å². The molecule has 4 N–H and O–H groups in total. The topological polar surface area (TPSA) is 56.3 Å². The van der Waals surface area contributed by atoms with E-state index in [4.69, 9.17) is 12.2 Å². The van der Waals surface area contributed by atoms with E-state index < -0.39 is 6.23 Å². The van der Waals surface area contributed by atoms with Gasteiger partial charge in [-0.1, -0.05) is 32.5 Å². The number of rotatable bonds is 2. The second-order valence-electron chi connectivity index (χ2n) is 4.91. The Hall–Kier alpha value is -0.650. The number of aliphatic hydroxyl groups excluding tert-OH is 1. The molecule has 0 radical (unpaired) electrons. The predicted octanol–water partition coefficient (Wildman–Crippen LogP) is 0.833. The Morgan fingerprint density at radius 2 is 2.00 bits per heavy atom. The maximum Gasteiger partial charge on any atom is 0.140 e. The van der Waals surface area contributed by atoms with Crippen LogP contribution in [0.15, 0.2) is 11.3 Å². The summed E-state index contributed by atoms with van der Waals surface area (Å²) in [5, 5.41) is 19.9. The fraction of sp³-hybridized carbons (Fsp3) is 0.750. The Balaban J connectivity index is 2.40. The molecule has 0 saturated carbocycles. The molecule has 0 spiro atoms. The van der Waals surface area contributed by atoms with E-state index in [1.54, 1.807) is 0 Å². The lowest BCUT2D eigenvalue weighted by atomic mass is 9.86. The highest BCUT2D eigenvalue weighted by Gasteiger charge is 2.38. The molecular weight excluding hydrogens is 234 g/mol. The van der Waals surface area contributed by atoms with Gasteiger partial charge in [0, 0.05) is 17.2 Å². The van der Waals surface area contributed by atoms with Crippen LogP contribution in [0.2, 0.25) is 0 Å². The lowest BCUT2D eigenvalue weighted by Gasteiger charge is -2.36. The van der Waals surface area contributed by atoms with Crippen molar-refractivity contribution in [3.8, 4) is 0 Å².